The second-order valence-corrected chi connectivity index (χ2v) is 5.66. The van der Waals surface area contributed by atoms with Gasteiger partial charge < -0.3 is 14.1 Å². The van der Waals surface area contributed by atoms with Crippen LogP contribution in [0.3, 0.4) is 0 Å². The summed E-state index contributed by atoms with van der Waals surface area (Å²) in [4.78, 5) is 14.9. The minimum atomic E-state index is -0.214. The maximum absolute atomic E-state index is 12.0. The number of fused-ring (bicyclic) bond motifs is 3. The molecular weight excluding hydrogens is 314 g/mol. The van der Waals surface area contributed by atoms with E-state index < -0.39 is 0 Å². The fourth-order valence-corrected chi connectivity index (χ4v) is 2.88. The van der Waals surface area contributed by atoms with Crippen LogP contribution in [-0.2, 0) is 0 Å². The van der Waals surface area contributed by atoms with Crippen molar-refractivity contribution in [1.82, 2.24) is 4.98 Å². The molecule has 0 unspecified atom stereocenters. The van der Waals surface area contributed by atoms with Crippen molar-refractivity contribution in [3.05, 3.63) is 63.9 Å². The summed E-state index contributed by atoms with van der Waals surface area (Å²) in [6, 6.07) is 14.3. The van der Waals surface area contributed by atoms with Crippen molar-refractivity contribution in [1.29, 1.82) is 0 Å². The third-order valence-electron chi connectivity index (χ3n) is 3.82. The largest absolute Gasteiger partial charge is 0.497 e. The highest BCUT2D eigenvalue weighted by Gasteiger charge is 2.15. The Balaban J connectivity index is 2.13. The molecule has 0 saturated carbocycles. The van der Waals surface area contributed by atoms with Gasteiger partial charge in [-0.2, -0.15) is 0 Å². The number of hydrogen-bond acceptors (Lipinski definition) is 3. The molecule has 2 heterocycles. The Labute approximate surface area is 136 Å². The van der Waals surface area contributed by atoms with Gasteiger partial charge in [0.1, 0.15) is 16.9 Å². The van der Waals surface area contributed by atoms with Gasteiger partial charge in [-0.25, -0.2) is 0 Å². The Morgan fingerprint density at radius 1 is 1.04 bits per heavy atom. The van der Waals surface area contributed by atoms with Crippen LogP contribution in [0.2, 0.25) is 5.02 Å². The lowest BCUT2D eigenvalue weighted by atomic mass is 10.0. The first-order chi connectivity index (χ1) is 11.2. The second-order valence-electron chi connectivity index (χ2n) is 5.22. The van der Waals surface area contributed by atoms with Crippen LogP contribution in [0.5, 0.6) is 5.75 Å². The molecule has 0 aliphatic carbocycles. The van der Waals surface area contributed by atoms with E-state index in [0.717, 1.165) is 22.1 Å². The smallest absolute Gasteiger partial charge is 0.252 e. The second kappa shape index (κ2) is 5.18. The number of nitrogens with one attached hydrogen (secondary N) is 1. The molecule has 4 aromatic rings. The molecular formula is C18H12ClNO3. The number of methoxy groups -OCH3 is 1. The number of furan rings is 1. The number of rotatable bonds is 2. The SMILES string of the molecule is COc1ccc2oc3cc(=O)[nH]c(-c4ccc(Cl)cc4)c3c2c1. The van der Waals surface area contributed by atoms with Crippen LogP contribution >= 0.6 is 11.6 Å². The third-order valence-corrected chi connectivity index (χ3v) is 4.07. The van der Waals surface area contributed by atoms with Gasteiger partial charge in [-0.3, -0.25) is 4.79 Å². The van der Waals surface area contributed by atoms with Crippen LogP contribution in [-0.4, -0.2) is 12.1 Å². The number of H-pyrrole nitrogens is 1. The molecule has 5 heteroatoms. The predicted molar refractivity (Wildman–Crippen MR) is 91.3 cm³/mol. The van der Waals surface area contributed by atoms with E-state index >= 15 is 0 Å². The molecule has 114 valence electrons. The van der Waals surface area contributed by atoms with E-state index in [1.54, 1.807) is 19.2 Å². The van der Waals surface area contributed by atoms with E-state index in [2.05, 4.69) is 4.98 Å². The first-order valence-electron chi connectivity index (χ1n) is 7.05. The first-order valence-corrected chi connectivity index (χ1v) is 7.43. The molecule has 1 N–H and O–H groups in total. The molecule has 0 aliphatic rings. The molecule has 0 fully saturated rings. The Kier molecular flexibility index (Phi) is 3.13. The average Bonchev–Trinajstić information content (AvgIpc) is 2.91. The summed E-state index contributed by atoms with van der Waals surface area (Å²) in [5, 5.41) is 2.38. The normalized spacial score (nSPS) is 11.2. The summed E-state index contributed by atoms with van der Waals surface area (Å²) in [6.07, 6.45) is 0. The van der Waals surface area contributed by atoms with Crippen molar-refractivity contribution in [3.8, 4) is 17.0 Å². The Hall–Kier alpha value is -2.72. The van der Waals surface area contributed by atoms with Crippen molar-refractivity contribution in [2.24, 2.45) is 0 Å². The highest BCUT2D eigenvalue weighted by molar-refractivity contribution is 6.30. The van der Waals surface area contributed by atoms with Crippen LogP contribution in [0.4, 0.5) is 0 Å². The quantitative estimate of drug-likeness (QED) is 0.586. The van der Waals surface area contributed by atoms with Gasteiger partial charge in [0, 0.05) is 16.5 Å². The number of aromatic amines is 1. The number of halogens is 1. The highest BCUT2D eigenvalue weighted by atomic mass is 35.5. The molecule has 2 aromatic carbocycles. The van der Waals surface area contributed by atoms with Gasteiger partial charge in [-0.05, 0) is 35.9 Å². The maximum Gasteiger partial charge on any atom is 0.252 e. The van der Waals surface area contributed by atoms with Crippen LogP contribution in [0.15, 0.2) is 57.7 Å². The van der Waals surface area contributed by atoms with E-state index in [0.29, 0.717) is 21.9 Å². The summed E-state index contributed by atoms with van der Waals surface area (Å²) < 4.78 is 11.1. The zero-order valence-electron chi connectivity index (χ0n) is 12.2. The van der Waals surface area contributed by atoms with Gasteiger partial charge in [0.05, 0.1) is 18.2 Å². The maximum atomic E-state index is 12.0. The van der Waals surface area contributed by atoms with Gasteiger partial charge >= 0.3 is 0 Å². The number of pyridine rings is 1. The zero-order chi connectivity index (χ0) is 16.0. The number of hydrogen-bond donors (Lipinski definition) is 1. The molecule has 0 amide bonds. The van der Waals surface area contributed by atoms with Gasteiger partial charge in [0.15, 0.2) is 0 Å². The van der Waals surface area contributed by atoms with E-state index in [1.807, 2.05) is 30.3 Å². The molecule has 0 radical (unpaired) electrons. The summed E-state index contributed by atoms with van der Waals surface area (Å²) in [5.74, 6) is 0.730. The molecule has 4 nitrogen and oxygen atoms in total. The van der Waals surface area contributed by atoms with Crippen LogP contribution in [0, 0.1) is 0 Å². The van der Waals surface area contributed by atoms with E-state index in [9.17, 15) is 4.79 Å². The zero-order valence-corrected chi connectivity index (χ0v) is 13.0. The summed E-state index contributed by atoms with van der Waals surface area (Å²) >= 11 is 5.96. The molecule has 23 heavy (non-hydrogen) atoms. The fourth-order valence-electron chi connectivity index (χ4n) is 2.76. The lowest BCUT2D eigenvalue weighted by Crippen LogP contribution is -2.04. The van der Waals surface area contributed by atoms with Crippen molar-refractivity contribution in [2.45, 2.75) is 0 Å². The topological polar surface area (TPSA) is 55.2 Å². The summed E-state index contributed by atoms with van der Waals surface area (Å²) in [6.45, 7) is 0. The molecule has 2 aromatic heterocycles. The predicted octanol–water partition coefficient (Wildman–Crippen LogP) is 4.60. The van der Waals surface area contributed by atoms with E-state index in [-0.39, 0.29) is 5.56 Å². The number of benzene rings is 2. The highest BCUT2D eigenvalue weighted by Crippen LogP contribution is 2.36. The van der Waals surface area contributed by atoms with Crippen molar-refractivity contribution < 1.29 is 9.15 Å². The Morgan fingerprint density at radius 2 is 1.83 bits per heavy atom. The Bertz CT molecular complexity index is 1080. The molecule has 0 aliphatic heterocycles. The summed E-state index contributed by atoms with van der Waals surface area (Å²) in [7, 11) is 1.62. The fraction of sp³-hybridized carbons (Fsp3) is 0.0556. The standard InChI is InChI=1S/C18H12ClNO3/c1-22-12-6-7-14-13(8-12)17-15(23-14)9-16(21)20-18(17)10-2-4-11(19)5-3-10/h2-9H,1H3,(H,20,21). The Morgan fingerprint density at radius 3 is 2.57 bits per heavy atom. The van der Waals surface area contributed by atoms with Crippen LogP contribution < -0.4 is 10.3 Å². The minimum absolute atomic E-state index is 0.214. The van der Waals surface area contributed by atoms with Gasteiger partial charge in [-0.15, -0.1) is 0 Å². The number of ether oxygens (including phenoxy) is 1. The third kappa shape index (κ3) is 2.28. The minimum Gasteiger partial charge on any atom is -0.497 e. The molecule has 4 rings (SSSR count). The van der Waals surface area contributed by atoms with Crippen molar-refractivity contribution in [2.75, 3.05) is 7.11 Å². The molecule has 0 spiro atoms. The van der Waals surface area contributed by atoms with E-state index in [1.165, 1.54) is 6.07 Å². The lowest BCUT2D eigenvalue weighted by molar-refractivity contribution is 0.415. The van der Waals surface area contributed by atoms with Gasteiger partial charge in [-0.1, -0.05) is 23.7 Å². The van der Waals surface area contributed by atoms with Crippen LogP contribution in [0.25, 0.3) is 33.2 Å². The lowest BCUT2D eigenvalue weighted by Gasteiger charge is -2.04. The summed E-state index contributed by atoms with van der Waals surface area (Å²) in [5.41, 5.74) is 2.60. The van der Waals surface area contributed by atoms with Crippen molar-refractivity contribution in [3.63, 3.8) is 0 Å². The molecule has 0 bridgehead atoms. The molecule has 0 atom stereocenters. The average molecular weight is 326 g/mol. The first kappa shape index (κ1) is 13.9. The van der Waals surface area contributed by atoms with Gasteiger partial charge in [0.25, 0.3) is 5.56 Å². The number of aromatic nitrogens is 1. The van der Waals surface area contributed by atoms with Gasteiger partial charge in [0.2, 0.25) is 0 Å². The van der Waals surface area contributed by atoms with E-state index in [4.69, 9.17) is 20.8 Å². The monoisotopic (exact) mass is 325 g/mol. The van der Waals surface area contributed by atoms with Crippen molar-refractivity contribution >= 4 is 33.5 Å². The van der Waals surface area contributed by atoms with Crippen LogP contribution in [0.1, 0.15) is 0 Å². The molecule has 0 saturated heterocycles.